The number of thioether (sulfide) groups is 1. The van der Waals surface area contributed by atoms with E-state index in [1.165, 1.54) is 6.07 Å². The first-order valence-electron chi connectivity index (χ1n) is 12.7. The largest absolute Gasteiger partial charge is 0.483 e. The molecule has 9 nitrogen and oxygen atoms in total. The third-order valence-corrected chi connectivity index (χ3v) is 9.63. The van der Waals surface area contributed by atoms with Gasteiger partial charge in [0.2, 0.25) is 11.8 Å². The molecule has 214 valence electrons. The first-order chi connectivity index (χ1) is 19.6. The lowest BCUT2D eigenvalue weighted by molar-refractivity contribution is -0.138. The Hall–Kier alpha value is -3.62. The van der Waals surface area contributed by atoms with Crippen LogP contribution in [0.4, 0.5) is 18.9 Å². The predicted molar refractivity (Wildman–Crippen MR) is 143 cm³/mol. The molecule has 3 amide bonds. The van der Waals surface area contributed by atoms with Gasteiger partial charge in [0.15, 0.2) is 6.61 Å². The first-order valence-corrected chi connectivity index (χ1v) is 14.3. The number of alkyl halides is 3. The van der Waals surface area contributed by atoms with E-state index in [4.69, 9.17) is 9.47 Å². The fourth-order valence-corrected chi connectivity index (χ4v) is 7.85. The number of aromatic amines is 1. The van der Waals surface area contributed by atoms with Crippen LogP contribution in [0.5, 0.6) is 5.75 Å². The van der Waals surface area contributed by atoms with Crippen LogP contribution in [0.15, 0.2) is 58.4 Å². The molecule has 3 aliphatic rings. The normalized spacial score (nSPS) is 22.5. The number of imide groups is 1. The molecule has 0 bridgehead atoms. The number of nitrogens with one attached hydrogen (secondary N) is 1. The number of carbonyl (C=O) groups excluding carboxylic acids is 3. The van der Waals surface area contributed by atoms with Crippen molar-refractivity contribution < 1.29 is 37.0 Å². The molecule has 41 heavy (non-hydrogen) atoms. The highest BCUT2D eigenvalue weighted by atomic mass is 32.2. The zero-order chi connectivity index (χ0) is 28.9. The SMILES string of the molecule is O=C(COc1ccccc1[C@@H]1c2sc(=O)[nH]c2S[C@H]2C(=O)N(c3cccc(C(F)(F)F)c3)C(=O)[C@@H]12)N1CCOCC1. The van der Waals surface area contributed by atoms with E-state index in [0.717, 1.165) is 46.2 Å². The summed E-state index contributed by atoms with van der Waals surface area (Å²) in [5.41, 5.74) is -0.677. The van der Waals surface area contributed by atoms with Crippen LogP contribution in [0.2, 0.25) is 0 Å². The van der Waals surface area contributed by atoms with E-state index in [1.54, 1.807) is 29.2 Å². The maximum Gasteiger partial charge on any atom is 0.416 e. The van der Waals surface area contributed by atoms with Crippen LogP contribution in [0.1, 0.15) is 21.9 Å². The number of anilines is 1. The lowest BCUT2D eigenvalue weighted by atomic mass is 9.82. The van der Waals surface area contributed by atoms with Crippen LogP contribution >= 0.6 is 23.1 Å². The van der Waals surface area contributed by atoms with Gasteiger partial charge in [0, 0.05) is 29.4 Å². The first kappa shape index (κ1) is 27.5. The highest BCUT2D eigenvalue weighted by Gasteiger charge is 2.57. The van der Waals surface area contributed by atoms with Crippen LogP contribution in [0.3, 0.4) is 0 Å². The summed E-state index contributed by atoms with van der Waals surface area (Å²) in [6.45, 7) is 1.47. The van der Waals surface area contributed by atoms with Crippen LogP contribution < -0.4 is 14.5 Å². The molecule has 2 saturated heterocycles. The Morgan fingerprint density at radius 3 is 2.56 bits per heavy atom. The van der Waals surface area contributed by atoms with E-state index in [1.807, 2.05) is 0 Å². The number of halogens is 3. The summed E-state index contributed by atoms with van der Waals surface area (Å²) >= 11 is 1.91. The number of benzene rings is 2. The number of para-hydroxylation sites is 1. The minimum atomic E-state index is -4.66. The number of morpholine rings is 1. The van der Waals surface area contributed by atoms with Crippen molar-refractivity contribution in [2.45, 2.75) is 22.4 Å². The van der Waals surface area contributed by atoms with Crippen LogP contribution in [0, 0.1) is 5.92 Å². The van der Waals surface area contributed by atoms with Gasteiger partial charge in [-0.1, -0.05) is 47.4 Å². The van der Waals surface area contributed by atoms with Gasteiger partial charge in [-0.05, 0) is 24.3 Å². The van der Waals surface area contributed by atoms with Crippen molar-refractivity contribution in [1.82, 2.24) is 9.88 Å². The smallest absolute Gasteiger partial charge is 0.416 e. The molecular formula is C27H22F3N3O6S2. The summed E-state index contributed by atoms with van der Waals surface area (Å²) < 4.78 is 51.5. The van der Waals surface area contributed by atoms with Crippen molar-refractivity contribution in [2.75, 3.05) is 37.8 Å². The van der Waals surface area contributed by atoms with Crippen molar-refractivity contribution in [2.24, 2.45) is 5.92 Å². The Bertz CT molecular complexity index is 1580. The molecule has 14 heteroatoms. The van der Waals surface area contributed by atoms with Gasteiger partial charge in [-0.2, -0.15) is 13.2 Å². The highest BCUT2D eigenvalue weighted by molar-refractivity contribution is 8.00. The molecule has 1 N–H and O–H groups in total. The molecule has 2 aromatic carbocycles. The summed E-state index contributed by atoms with van der Waals surface area (Å²) in [6, 6.07) is 10.8. The molecule has 1 aromatic heterocycles. The lowest BCUT2D eigenvalue weighted by Crippen LogP contribution is -2.43. The summed E-state index contributed by atoms with van der Waals surface area (Å²) in [7, 11) is 0. The molecule has 4 heterocycles. The summed E-state index contributed by atoms with van der Waals surface area (Å²) in [6.07, 6.45) is -4.66. The molecule has 3 aliphatic heterocycles. The summed E-state index contributed by atoms with van der Waals surface area (Å²) in [5.74, 6) is -3.14. The summed E-state index contributed by atoms with van der Waals surface area (Å²) in [4.78, 5) is 57.9. The fraction of sp³-hybridized carbons (Fsp3) is 0.333. The van der Waals surface area contributed by atoms with Crippen molar-refractivity contribution in [3.63, 3.8) is 0 Å². The van der Waals surface area contributed by atoms with Crippen LogP contribution in [-0.2, 0) is 25.3 Å². The standard InChI is InChI=1S/C27H22F3N3O6S2/c28-27(29,30)14-4-3-5-15(12-14)33-24(35)20-19(21-23(31-26(37)41-21)40-22(20)25(33)36)16-6-1-2-7-17(16)39-13-18(34)32-8-10-38-11-9-32/h1-7,12,19-20,22H,8-11,13H2,(H,31,37)/t19-,20-,22+/m0/s1. The Morgan fingerprint density at radius 2 is 1.80 bits per heavy atom. The van der Waals surface area contributed by atoms with Gasteiger partial charge in [-0.25, -0.2) is 4.90 Å². The number of thiazole rings is 1. The lowest BCUT2D eigenvalue weighted by Gasteiger charge is -2.31. The molecule has 0 saturated carbocycles. The van der Waals surface area contributed by atoms with E-state index >= 15 is 0 Å². The number of aromatic nitrogens is 1. The minimum absolute atomic E-state index is 0.180. The molecule has 6 rings (SSSR count). The quantitative estimate of drug-likeness (QED) is 0.444. The number of fused-ring (bicyclic) bond motifs is 2. The fourth-order valence-electron chi connectivity index (χ4n) is 5.34. The number of carbonyl (C=O) groups is 3. The Labute approximate surface area is 239 Å². The molecular weight excluding hydrogens is 583 g/mol. The highest BCUT2D eigenvalue weighted by Crippen LogP contribution is 2.54. The Kier molecular flexibility index (Phi) is 7.16. The molecule has 3 atom stereocenters. The van der Waals surface area contributed by atoms with E-state index in [0.29, 0.717) is 47.5 Å². The van der Waals surface area contributed by atoms with E-state index in [9.17, 15) is 32.3 Å². The minimum Gasteiger partial charge on any atom is -0.483 e. The number of rotatable bonds is 5. The number of amides is 3. The molecule has 0 unspecified atom stereocenters. The number of nitrogens with zero attached hydrogens (tertiary/aromatic N) is 2. The Morgan fingerprint density at radius 1 is 1.05 bits per heavy atom. The molecule has 0 aliphatic carbocycles. The second kappa shape index (κ2) is 10.7. The zero-order valence-electron chi connectivity index (χ0n) is 21.2. The van der Waals surface area contributed by atoms with Gasteiger partial charge >= 0.3 is 11.0 Å². The maximum atomic E-state index is 13.9. The van der Waals surface area contributed by atoms with Gasteiger partial charge in [-0.3, -0.25) is 19.2 Å². The number of H-pyrrole nitrogens is 1. The average molecular weight is 606 g/mol. The number of hydrogen-bond acceptors (Lipinski definition) is 8. The van der Waals surface area contributed by atoms with Crippen LogP contribution in [-0.4, -0.2) is 65.8 Å². The van der Waals surface area contributed by atoms with E-state index < -0.39 is 40.6 Å². The van der Waals surface area contributed by atoms with Crippen molar-refractivity contribution in [1.29, 1.82) is 0 Å². The van der Waals surface area contributed by atoms with Crippen LogP contribution in [0.25, 0.3) is 0 Å². The van der Waals surface area contributed by atoms with Crippen molar-refractivity contribution >= 4 is 46.5 Å². The second-order valence-corrected chi connectivity index (χ2v) is 11.8. The van der Waals surface area contributed by atoms with E-state index in [-0.39, 0.29) is 23.1 Å². The third kappa shape index (κ3) is 5.04. The second-order valence-electron chi connectivity index (χ2n) is 9.63. The van der Waals surface area contributed by atoms with Gasteiger partial charge in [0.25, 0.3) is 5.91 Å². The summed E-state index contributed by atoms with van der Waals surface area (Å²) in [5, 5.41) is -0.583. The monoisotopic (exact) mass is 605 g/mol. The molecule has 0 radical (unpaired) electrons. The predicted octanol–water partition coefficient (Wildman–Crippen LogP) is 3.49. The zero-order valence-corrected chi connectivity index (χ0v) is 22.8. The average Bonchev–Trinajstić information content (AvgIpc) is 3.46. The number of ether oxygens (including phenoxy) is 2. The maximum absolute atomic E-state index is 13.9. The Balaban J connectivity index is 1.37. The van der Waals surface area contributed by atoms with Crippen molar-refractivity contribution in [3.8, 4) is 5.75 Å². The molecule has 2 fully saturated rings. The number of hydrogen-bond donors (Lipinski definition) is 1. The van der Waals surface area contributed by atoms with E-state index in [2.05, 4.69) is 4.98 Å². The molecule has 3 aromatic rings. The van der Waals surface area contributed by atoms with Gasteiger partial charge < -0.3 is 19.4 Å². The third-order valence-electron chi connectivity index (χ3n) is 7.22. The topological polar surface area (TPSA) is 109 Å². The van der Waals surface area contributed by atoms with Gasteiger partial charge in [0.1, 0.15) is 11.0 Å². The van der Waals surface area contributed by atoms with Gasteiger partial charge in [-0.15, -0.1) is 0 Å². The van der Waals surface area contributed by atoms with Crippen molar-refractivity contribution in [3.05, 3.63) is 74.2 Å². The molecule has 0 spiro atoms. The van der Waals surface area contributed by atoms with Gasteiger partial charge in [0.05, 0.1) is 35.4 Å².